The van der Waals surface area contributed by atoms with Gasteiger partial charge in [-0.05, 0) is 49.9 Å². The molecule has 27 heavy (non-hydrogen) atoms. The molecular weight excluding hydrogens is 370 g/mol. The zero-order valence-corrected chi connectivity index (χ0v) is 15.7. The Kier molecular flexibility index (Phi) is 6.02. The molecule has 0 saturated heterocycles. The number of rotatable bonds is 6. The van der Waals surface area contributed by atoms with E-state index in [1.807, 2.05) is 0 Å². The molecule has 1 aliphatic rings. The lowest BCUT2D eigenvalue weighted by Crippen LogP contribution is -2.39. The molecule has 1 aromatic carbocycles. The van der Waals surface area contributed by atoms with Crippen molar-refractivity contribution in [3.63, 3.8) is 0 Å². The first-order chi connectivity index (χ1) is 13.0. The fourth-order valence-electron chi connectivity index (χ4n) is 2.99. The van der Waals surface area contributed by atoms with Gasteiger partial charge in [0.1, 0.15) is 6.10 Å². The first kappa shape index (κ1) is 19.2. The molecule has 8 nitrogen and oxygen atoms in total. The molecule has 1 saturated carbocycles. The molecule has 1 aromatic heterocycles. The van der Waals surface area contributed by atoms with Crippen LogP contribution in [-0.2, 0) is 14.8 Å². The monoisotopic (exact) mass is 391 g/mol. The van der Waals surface area contributed by atoms with Gasteiger partial charge in [0, 0.05) is 18.4 Å². The summed E-state index contributed by atoms with van der Waals surface area (Å²) in [6, 6.07) is 5.52. The van der Waals surface area contributed by atoms with Crippen LogP contribution in [0.3, 0.4) is 0 Å². The van der Waals surface area contributed by atoms with Gasteiger partial charge in [0.15, 0.2) is 0 Å². The number of methoxy groups -OCH3 is 1. The van der Waals surface area contributed by atoms with Gasteiger partial charge in [0.2, 0.25) is 15.9 Å². The van der Waals surface area contributed by atoms with Gasteiger partial charge < -0.3 is 9.47 Å². The molecule has 144 valence electrons. The lowest BCUT2D eigenvalue weighted by Gasteiger charge is -2.28. The van der Waals surface area contributed by atoms with E-state index in [1.165, 1.54) is 31.4 Å². The third-order valence-electron chi connectivity index (χ3n) is 4.41. The van der Waals surface area contributed by atoms with Gasteiger partial charge >= 0.3 is 5.97 Å². The Morgan fingerprint density at radius 2 is 1.81 bits per heavy atom. The highest BCUT2D eigenvalue weighted by molar-refractivity contribution is 7.89. The summed E-state index contributed by atoms with van der Waals surface area (Å²) in [7, 11) is -2.37. The number of carbonyl (C=O) groups excluding carboxylic acids is 1. The number of ether oxygens (including phenoxy) is 2. The molecule has 0 atom stereocenters. The Labute approximate surface area is 158 Å². The maximum atomic E-state index is 12.5. The molecule has 1 aliphatic carbocycles. The normalized spacial score (nSPS) is 20.0. The van der Waals surface area contributed by atoms with E-state index in [9.17, 15) is 13.2 Å². The van der Waals surface area contributed by atoms with Crippen molar-refractivity contribution in [1.29, 1.82) is 0 Å². The Hall–Kier alpha value is -2.52. The molecule has 0 radical (unpaired) electrons. The lowest BCUT2D eigenvalue weighted by molar-refractivity contribution is 0.0600. The van der Waals surface area contributed by atoms with Gasteiger partial charge in [-0.1, -0.05) is 0 Å². The number of hydrogen-bond donors (Lipinski definition) is 1. The summed E-state index contributed by atoms with van der Waals surface area (Å²) in [6.07, 6.45) is 7.51. The van der Waals surface area contributed by atoms with E-state index in [2.05, 4.69) is 19.4 Å². The quantitative estimate of drug-likeness (QED) is 0.750. The average molecular weight is 391 g/mol. The molecule has 3 rings (SSSR count). The van der Waals surface area contributed by atoms with Gasteiger partial charge in [0.25, 0.3) is 0 Å². The number of sulfonamides is 1. The molecule has 0 amide bonds. The van der Waals surface area contributed by atoms with Crippen LogP contribution in [0.5, 0.6) is 5.88 Å². The van der Waals surface area contributed by atoms with Crippen molar-refractivity contribution < 1.29 is 22.7 Å². The van der Waals surface area contributed by atoms with Crippen LogP contribution in [0.25, 0.3) is 0 Å². The van der Waals surface area contributed by atoms with Crippen LogP contribution in [0.1, 0.15) is 36.0 Å². The van der Waals surface area contributed by atoms with Gasteiger partial charge in [-0.25, -0.2) is 22.9 Å². The number of aromatic nitrogens is 2. The summed E-state index contributed by atoms with van der Waals surface area (Å²) in [4.78, 5) is 19.6. The lowest BCUT2D eigenvalue weighted by atomic mass is 9.94. The van der Waals surface area contributed by atoms with Crippen molar-refractivity contribution in [3.8, 4) is 5.88 Å². The highest BCUT2D eigenvalue weighted by Crippen LogP contribution is 2.24. The van der Waals surface area contributed by atoms with E-state index >= 15 is 0 Å². The SMILES string of the molecule is COC(=O)c1ccc(S(=O)(=O)NC2CCC(Oc3cnccn3)CC2)cc1. The molecule has 0 spiro atoms. The molecule has 0 unspecified atom stereocenters. The number of hydrogen-bond acceptors (Lipinski definition) is 7. The minimum atomic E-state index is -3.65. The smallest absolute Gasteiger partial charge is 0.337 e. The van der Waals surface area contributed by atoms with Crippen molar-refractivity contribution in [2.24, 2.45) is 0 Å². The van der Waals surface area contributed by atoms with Crippen LogP contribution < -0.4 is 9.46 Å². The molecule has 0 bridgehead atoms. The number of esters is 1. The molecule has 1 fully saturated rings. The first-order valence-electron chi connectivity index (χ1n) is 8.61. The maximum absolute atomic E-state index is 12.5. The summed E-state index contributed by atoms with van der Waals surface area (Å²) >= 11 is 0. The van der Waals surface area contributed by atoms with Crippen molar-refractivity contribution in [3.05, 3.63) is 48.4 Å². The summed E-state index contributed by atoms with van der Waals surface area (Å²) in [5.74, 6) is -0.0273. The zero-order chi connectivity index (χ0) is 19.3. The Bertz CT molecular complexity index is 864. The third-order valence-corrected chi connectivity index (χ3v) is 5.95. The molecular formula is C18H21N3O5S. The molecule has 9 heteroatoms. The Morgan fingerprint density at radius 1 is 1.11 bits per heavy atom. The highest BCUT2D eigenvalue weighted by Gasteiger charge is 2.27. The van der Waals surface area contributed by atoms with E-state index in [-0.39, 0.29) is 17.0 Å². The van der Waals surface area contributed by atoms with Crippen molar-refractivity contribution in [2.45, 2.75) is 42.7 Å². The molecule has 0 aliphatic heterocycles. The summed E-state index contributed by atoms with van der Waals surface area (Å²) < 4.78 is 38.2. The second-order valence-corrected chi connectivity index (χ2v) is 7.99. The Morgan fingerprint density at radius 3 is 2.41 bits per heavy atom. The van der Waals surface area contributed by atoms with Crippen molar-refractivity contribution >= 4 is 16.0 Å². The van der Waals surface area contributed by atoms with Crippen LogP contribution in [-0.4, -0.2) is 43.6 Å². The molecule has 1 N–H and O–H groups in total. The van der Waals surface area contributed by atoms with Crippen LogP contribution in [0.2, 0.25) is 0 Å². The van der Waals surface area contributed by atoms with E-state index in [1.54, 1.807) is 18.6 Å². The van der Waals surface area contributed by atoms with Crippen molar-refractivity contribution in [2.75, 3.05) is 7.11 Å². The Balaban J connectivity index is 1.55. The zero-order valence-electron chi connectivity index (χ0n) is 14.9. The van der Waals surface area contributed by atoms with Crippen LogP contribution in [0.4, 0.5) is 0 Å². The average Bonchev–Trinajstić information content (AvgIpc) is 2.69. The first-order valence-corrected chi connectivity index (χ1v) is 10.1. The minimum absolute atomic E-state index is 0.00166. The highest BCUT2D eigenvalue weighted by atomic mass is 32.2. The topological polar surface area (TPSA) is 107 Å². The van der Waals surface area contributed by atoms with E-state index in [4.69, 9.17) is 4.74 Å². The second kappa shape index (κ2) is 8.45. The number of carbonyl (C=O) groups is 1. The predicted molar refractivity (Wildman–Crippen MR) is 96.8 cm³/mol. The van der Waals surface area contributed by atoms with Crippen molar-refractivity contribution in [1.82, 2.24) is 14.7 Å². The molecule has 2 aromatic rings. The summed E-state index contributed by atoms with van der Waals surface area (Å²) in [5, 5.41) is 0. The number of nitrogens with one attached hydrogen (secondary N) is 1. The van der Waals surface area contributed by atoms with Gasteiger partial charge in [-0.15, -0.1) is 0 Å². The fourth-order valence-corrected chi connectivity index (χ4v) is 4.30. The standard InChI is InChI=1S/C18H21N3O5S/c1-25-18(22)13-2-8-16(9-3-13)27(23,24)21-14-4-6-15(7-5-14)26-17-12-19-10-11-20-17/h2-3,8-12,14-15,21H,4-7H2,1H3. The van der Waals surface area contributed by atoms with Gasteiger partial charge in [-0.3, -0.25) is 4.98 Å². The van der Waals surface area contributed by atoms with Crippen LogP contribution in [0.15, 0.2) is 47.8 Å². The van der Waals surface area contributed by atoms with Gasteiger partial charge in [0.05, 0.1) is 23.8 Å². The number of benzene rings is 1. The third kappa shape index (κ3) is 5.01. The van der Waals surface area contributed by atoms with E-state index in [0.717, 1.165) is 12.8 Å². The number of nitrogens with zero attached hydrogens (tertiary/aromatic N) is 2. The van der Waals surface area contributed by atoms with E-state index < -0.39 is 16.0 Å². The predicted octanol–water partition coefficient (Wildman–Crippen LogP) is 1.93. The summed E-state index contributed by atoms with van der Waals surface area (Å²) in [5.41, 5.74) is 0.304. The second-order valence-electron chi connectivity index (χ2n) is 6.27. The van der Waals surface area contributed by atoms with Gasteiger partial charge in [-0.2, -0.15) is 0 Å². The van der Waals surface area contributed by atoms with E-state index in [0.29, 0.717) is 24.3 Å². The largest absolute Gasteiger partial charge is 0.473 e. The van der Waals surface area contributed by atoms with Crippen LogP contribution in [0, 0.1) is 0 Å². The molecule has 1 heterocycles. The maximum Gasteiger partial charge on any atom is 0.337 e. The summed E-state index contributed by atoms with van der Waals surface area (Å²) in [6.45, 7) is 0. The minimum Gasteiger partial charge on any atom is -0.473 e. The van der Waals surface area contributed by atoms with Crippen LogP contribution >= 0.6 is 0 Å². The fraction of sp³-hybridized carbons (Fsp3) is 0.389.